The lowest BCUT2D eigenvalue weighted by molar-refractivity contribution is 0.399. The van der Waals surface area contributed by atoms with Crippen molar-refractivity contribution in [3.05, 3.63) is 52.1 Å². The van der Waals surface area contributed by atoms with Gasteiger partial charge in [0.25, 0.3) is 5.56 Å². The van der Waals surface area contributed by atoms with Gasteiger partial charge < -0.3 is 9.88 Å². The second-order valence-corrected chi connectivity index (χ2v) is 7.40. The van der Waals surface area contributed by atoms with Gasteiger partial charge in [0, 0.05) is 13.1 Å². The predicted octanol–water partition coefficient (Wildman–Crippen LogP) is 3.31. The van der Waals surface area contributed by atoms with Gasteiger partial charge in [-0.3, -0.25) is 4.79 Å². The van der Waals surface area contributed by atoms with E-state index in [0.717, 1.165) is 48.6 Å². The summed E-state index contributed by atoms with van der Waals surface area (Å²) in [6, 6.07) is 7.78. The molecule has 0 spiro atoms. The van der Waals surface area contributed by atoms with E-state index in [1.807, 2.05) is 24.3 Å². The molecule has 0 saturated carbocycles. The van der Waals surface area contributed by atoms with Crippen LogP contribution in [-0.4, -0.2) is 28.0 Å². The Hall–Kier alpha value is -2.28. The van der Waals surface area contributed by atoms with Crippen LogP contribution < -0.4 is 10.5 Å². The summed E-state index contributed by atoms with van der Waals surface area (Å²) in [5.41, 5.74) is 2.31. The monoisotopic (exact) mass is 358 g/mol. The molecule has 1 aromatic carbocycles. The quantitative estimate of drug-likeness (QED) is 0.777. The molecule has 0 amide bonds. The van der Waals surface area contributed by atoms with Crippen molar-refractivity contribution >= 4 is 26.8 Å². The van der Waals surface area contributed by atoms with Crippen molar-refractivity contribution in [2.45, 2.75) is 25.9 Å². The van der Waals surface area contributed by atoms with Crippen LogP contribution in [0.2, 0.25) is 0 Å². The number of anilines is 1. The summed E-state index contributed by atoms with van der Waals surface area (Å²) in [5, 5.41) is 0.863. The molecule has 4 rings (SSSR count). The van der Waals surface area contributed by atoms with E-state index in [1.54, 1.807) is 0 Å². The highest BCUT2D eigenvalue weighted by molar-refractivity contribution is 7.22. The summed E-state index contributed by atoms with van der Waals surface area (Å²) < 4.78 is 13.7. The molecular formula is C18H19FN4OS. The van der Waals surface area contributed by atoms with E-state index < -0.39 is 6.67 Å². The van der Waals surface area contributed by atoms with Crippen molar-refractivity contribution in [3.63, 3.8) is 0 Å². The zero-order chi connectivity index (χ0) is 17.2. The van der Waals surface area contributed by atoms with Crippen LogP contribution in [0.1, 0.15) is 24.0 Å². The Morgan fingerprint density at radius 1 is 1.24 bits per heavy atom. The van der Waals surface area contributed by atoms with Gasteiger partial charge in [-0.15, -0.1) is 0 Å². The summed E-state index contributed by atoms with van der Waals surface area (Å²) in [6.07, 6.45) is 4.40. The fraction of sp³-hybridized carbons (Fsp3) is 0.389. The third-order valence-corrected chi connectivity index (χ3v) is 5.95. The predicted molar refractivity (Wildman–Crippen MR) is 97.9 cm³/mol. The van der Waals surface area contributed by atoms with Gasteiger partial charge in [-0.2, -0.15) is 4.98 Å². The molecule has 1 saturated heterocycles. The van der Waals surface area contributed by atoms with Crippen molar-refractivity contribution in [3.8, 4) is 0 Å². The maximum Gasteiger partial charge on any atom is 0.270 e. The van der Waals surface area contributed by atoms with E-state index in [9.17, 15) is 9.18 Å². The highest BCUT2D eigenvalue weighted by Crippen LogP contribution is 2.30. The van der Waals surface area contributed by atoms with Crippen LogP contribution in [0, 0.1) is 5.92 Å². The van der Waals surface area contributed by atoms with Gasteiger partial charge in [0.2, 0.25) is 0 Å². The third kappa shape index (κ3) is 3.28. The average Bonchev–Trinajstić information content (AvgIpc) is 3.08. The van der Waals surface area contributed by atoms with Gasteiger partial charge in [0.1, 0.15) is 11.4 Å². The minimum atomic E-state index is -0.401. The molecule has 3 aromatic rings. The summed E-state index contributed by atoms with van der Waals surface area (Å²) in [6.45, 7) is 1.41. The molecule has 1 aliphatic heterocycles. The first-order valence-electron chi connectivity index (χ1n) is 8.46. The Labute approximate surface area is 148 Å². The van der Waals surface area contributed by atoms with Crippen molar-refractivity contribution < 1.29 is 4.39 Å². The smallest absolute Gasteiger partial charge is 0.270 e. The number of rotatable bonds is 4. The number of nitrogens with one attached hydrogen (secondary N) is 1. The molecule has 7 heteroatoms. The number of hydrogen-bond donors (Lipinski definition) is 1. The topological polar surface area (TPSA) is 61.9 Å². The molecule has 1 aliphatic rings. The maximum absolute atomic E-state index is 13.1. The number of aromatic amines is 1. The van der Waals surface area contributed by atoms with Crippen molar-refractivity contribution in [1.82, 2.24) is 15.0 Å². The van der Waals surface area contributed by atoms with E-state index >= 15 is 0 Å². The molecule has 25 heavy (non-hydrogen) atoms. The number of piperidine rings is 1. The number of hydrogen-bond acceptors (Lipinski definition) is 5. The molecule has 0 radical (unpaired) electrons. The molecule has 5 nitrogen and oxygen atoms in total. The summed E-state index contributed by atoms with van der Waals surface area (Å²) >= 11 is 1.40. The van der Waals surface area contributed by atoms with Crippen LogP contribution >= 0.6 is 11.3 Å². The zero-order valence-electron chi connectivity index (χ0n) is 13.7. The number of nitrogens with zero attached hydrogens (tertiary/aromatic N) is 3. The number of halogens is 1. The number of aromatic nitrogens is 3. The first-order valence-corrected chi connectivity index (χ1v) is 9.28. The van der Waals surface area contributed by atoms with Gasteiger partial charge in [-0.1, -0.05) is 35.6 Å². The van der Waals surface area contributed by atoms with Crippen LogP contribution in [0.15, 0.2) is 35.4 Å². The molecule has 1 fully saturated rings. The minimum Gasteiger partial charge on any atom is -0.348 e. The van der Waals surface area contributed by atoms with E-state index in [-0.39, 0.29) is 5.56 Å². The van der Waals surface area contributed by atoms with Gasteiger partial charge >= 0.3 is 0 Å². The number of fused-ring (bicyclic) bond motifs is 1. The lowest BCUT2D eigenvalue weighted by Crippen LogP contribution is -2.34. The van der Waals surface area contributed by atoms with Crippen LogP contribution in [0.5, 0.6) is 0 Å². The number of H-pyrrole nitrogens is 1. The average molecular weight is 358 g/mol. The number of thiazole rings is 1. The van der Waals surface area contributed by atoms with Gasteiger partial charge in [0.05, 0.1) is 6.33 Å². The molecular weight excluding hydrogens is 339 g/mol. The summed E-state index contributed by atoms with van der Waals surface area (Å²) in [4.78, 5) is 25.3. The molecule has 0 aliphatic carbocycles. The van der Waals surface area contributed by atoms with E-state index in [2.05, 4.69) is 19.9 Å². The summed E-state index contributed by atoms with van der Waals surface area (Å²) in [7, 11) is 0. The minimum absolute atomic E-state index is 0.133. The zero-order valence-corrected chi connectivity index (χ0v) is 14.6. The van der Waals surface area contributed by atoms with E-state index in [0.29, 0.717) is 16.3 Å². The highest BCUT2D eigenvalue weighted by Gasteiger charge is 2.23. The number of benzene rings is 1. The van der Waals surface area contributed by atoms with Crippen LogP contribution in [-0.2, 0) is 13.1 Å². The molecule has 1 N–H and O–H groups in total. The Morgan fingerprint density at radius 3 is 2.72 bits per heavy atom. The third-order valence-electron chi connectivity index (χ3n) is 4.84. The fourth-order valence-electron chi connectivity index (χ4n) is 3.42. The molecule has 2 aromatic heterocycles. The van der Waals surface area contributed by atoms with Crippen molar-refractivity contribution in [1.29, 1.82) is 0 Å². The van der Waals surface area contributed by atoms with Crippen molar-refractivity contribution in [2.75, 3.05) is 18.0 Å². The SMILES string of the molecule is O=c1[nH]cnc2nc(N3CCC(Cc4ccccc4CF)CC3)sc12. The molecule has 0 unspecified atom stereocenters. The Morgan fingerprint density at radius 2 is 2.00 bits per heavy atom. The first-order chi connectivity index (χ1) is 12.2. The maximum atomic E-state index is 13.1. The highest BCUT2D eigenvalue weighted by atomic mass is 32.1. The molecule has 0 atom stereocenters. The Balaban J connectivity index is 1.44. The van der Waals surface area contributed by atoms with E-state index in [1.165, 1.54) is 17.7 Å². The van der Waals surface area contributed by atoms with Crippen LogP contribution in [0.3, 0.4) is 0 Å². The van der Waals surface area contributed by atoms with Gasteiger partial charge in [0.15, 0.2) is 10.8 Å². The molecule has 0 bridgehead atoms. The Bertz CT molecular complexity index is 930. The van der Waals surface area contributed by atoms with Crippen LogP contribution in [0.4, 0.5) is 9.52 Å². The van der Waals surface area contributed by atoms with E-state index in [4.69, 9.17) is 0 Å². The second kappa shape index (κ2) is 6.92. The lowest BCUT2D eigenvalue weighted by atomic mass is 9.89. The normalized spacial score (nSPS) is 15.8. The van der Waals surface area contributed by atoms with Crippen LogP contribution in [0.25, 0.3) is 10.3 Å². The largest absolute Gasteiger partial charge is 0.348 e. The second-order valence-electron chi connectivity index (χ2n) is 6.42. The fourth-order valence-corrected chi connectivity index (χ4v) is 4.38. The molecule has 3 heterocycles. The molecule has 130 valence electrons. The van der Waals surface area contributed by atoms with Gasteiger partial charge in [-0.25, -0.2) is 9.37 Å². The Kier molecular flexibility index (Phi) is 4.48. The summed E-state index contributed by atoms with van der Waals surface area (Å²) in [5.74, 6) is 0.555. The first kappa shape index (κ1) is 16.2. The van der Waals surface area contributed by atoms with Crippen molar-refractivity contribution in [2.24, 2.45) is 5.92 Å². The lowest BCUT2D eigenvalue weighted by Gasteiger charge is -2.32. The van der Waals surface area contributed by atoms with Gasteiger partial charge in [-0.05, 0) is 36.3 Å². The number of alkyl halides is 1. The standard InChI is InChI=1S/C18H19FN4OS/c19-10-14-4-2-1-3-13(14)9-12-5-7-23(8-6-12)18-22-16-15(25-18)17(24)21-11-20-16/h1-4,11-12H,5-10H2,(H,20,21,24).